The van der Waals surface area contributed by atoms with E-state index in [2.05, 4.69) is 6.92 Å². The molecule has 0 atom stereocenters. The Morgan fingerprint density at radius 2 is 1.92 bits per heavy atom. The Kier molecular flexibility index (Phi) is 2.99. The van der Waals surface area contributed by atoms with Crippen LogP contribution in [0.25, 0.3) is 0 Å². The number of nitrogens with zero attached hydrogens (tertiary/aromatic N) is 1. The zero-order valence-electron chi connectivity index (χ0n) is 8.28. The van der Waals surface area contributed by atoms with Crippen LogP contribution in [0.1, 0.15) is 26.7 Å². The molecule has 0 aromatic carbocycles. The van der Waals surface area contributed by atoms with E-state index in [9.17, 15) is 8.42 Å². The van der Waals surface area contributed by atoms with Crippen molar-refractivity contribution in [1.82, 2.24) is 4.31 Å². The van der Waals surface area contributed by atoms with Crippen molar-refractivity contribution in [1.29, 1.82) is 0 Å². The van der Waals surface area contributed by atoms with E-state index in [0.29, 0.717) is 13.1 Å². The Morgan fingerprint density at radius 1 is 1.38 bits per heavy atom. The maximum atomic E-state index is 11.3. The van der Waals surface area contributed by atoms with E-state index >= 15 is 0 Å². The molecule has 78 valence electrons. The highest BCUT2D eigenvalue weighted by atomic mass is 32.2. The van der Waals surface area contributed by atoms with Crippen LogP contribution in [0, 0.1) is 0 Å². The second-order valence-electron chi connectivity index (χ2n) is 3.78. The van der Waals surface area contributed by atoms with Crippen LogP contribution in [0.5, 0.6) is 0 Å². The van der Waals surface area contributed by atoms with Crippen molar-refractivity contribution in [2.75, 3.05) is 18.8 Å². The Morgan fingerprint density at radius 3 is 2.31 bits per heavy atom. The third kappa shape index (κ3) is 2.21. The summed E-state index contributed by atoms with van der Waals surface area (Å²) in [5, 5.41) is 0. The second kappa shape index (κ2) is 3.55. The molecular formula is C8H18N2O2S. The lowest BCUT2D eigenvalue weighted by atomic mass is 9.89. The van der Waals surface area contributed by atoms with E-state index in [0.717, 1.165) is 12.8 Å². The number of rotatable bonds is 4. The minimum atomic E-state index is -3.00. The molecule has 0 saturated carbocycles. The molecule has 0 aromatic rings. The molecule has 0 amide bonds. The predicted octanol–water partition coefficient (Wildman–Crippen LogP) is 0.149. The molecule has 0 radical (unpaired) electrons. The smallest absolute Gasteiger partial charge is 0.213 e. The van der Waals surface area contributed by atoms with Crippen LogP contribution < -0.4 is 5.73 Å². The number of nitrogens with two attached hydrogens (primary N) is 1. The van der Waals surface area contributed by atoms with Crippen LogP contribution in [0.3, 0.4) is 0 Å². The zero-order valence-corrected chi connectivity index (χ0v) is 9.10. The Bertz CT molecular complexity index is 268. The standard InChI is InChI=1S/C8H18N2O2S/c1-3-5-8(9)6-10(7-8)13(11,12)4-2/h3-7,9H2,1-2H3. The lowest BCUT2D eigenvalue weighted by molar-refractivity contribution is 0.147. The van der Waals surface area contributed by atoms with E-state index in [1.54, 1.807) is 6.92 Å². The normalized spacial score (nSPS) is 22.7. The third-order valence-electron chi connectivity index (χ3n) is 2.49. The number of hydrogen-bond acceptors (Lipinski definition) is 3. The van der Waals surface area contributed by atoms with Gasteiger partial charge in [-0.25, -0.2) is 8.42 Å². The topological polar surface area (TPSA) is 63.4 Å². The van der Waals surface area contributed by atoms with Gasteiger partial charge in [0.05, 0.1) is 5.75 Å². The third-order valence-corrected chi connectivity index (χ3v) is 4.26. The second-order valence-corrected chi connectivity index (χ2v) is 6.04. The summed E-state index contributed by atoms with van der Waals surface area (Å²) < 4.78 is 24.2. The van der Waals surface area contributed by atoms with Crippen molar-refractivity contribution < 1.29 is 8.42 Å². The first-order chi connectivity index (χ1) is 5.93. The fourth-order valence-electron chi connectivity index (χ4n) is 1.69. The maximum absolute atomic E-state index is 11.3. The minimum absolute atomic E-state index is 0.176. The molecule has 0 unspecified atom stereocenters. The van der Waals surface area contributed by atoms with Gasteiger partial charge in [0.25, 0.3) is 0 Å². The number of hydrogen-bond donors (Lipinski definition) is 1. The molecule has 2 N–H and O–H groups in total. The van der Waals surface area contributed by atoms with E-state index in [4.69, 9.17) is 5.73 Å². The summed E-state index contributed by atoms with van der Waals surface area (Å²) in [6.45, 7) is 4.71. The molecule has 0 aromatic heterocycles. The molecule has 4 nitrogen and oxygen atoms in total. The molecular weight excluding hydrogens is 188 g/mol. The highest BCUT2D eigenvalue weighted by molar-refractivity contribution is 7.89. The molecule has 0 aliphatic carbocycles. The molecule has 13 heavy (non-hydrogen) atoms. The van der Waals surface area contributed by atoms with E-state index in [1.807, 2.05) is 0 Å². The van der Waals surface area contributed by atoms with Crippen molar-refractivity contribution in [2.24, 2.45) is 5.73 Å². The van der Waals surface area contributed by atoms with Crippen LogP contribution in [0.2, 0.25) is 0 Å². The summed E-state index contributed by atoms with van der Waals surface area (Å²) in [5.74, 6) is 0.176. The monoisotopic (exact) mass is 206 g/mol. The van der Waals surface area contributed by atoms with Crippen molar-refractivity contribution in [3.63, 3.8) is 0 Å². The lowest BCUT2D eigenvalue weighted by Crippen LogP contribution is -2.68. The first-order valence-corrected chi connectivity index (χ1v) is 6.31. The van der Waals surface area contributed by atoms with Gasteiger partial charge in [-0.05, 0) is 13.3 Å². The summed E-state index contributed by atoms with van der Waals surface area (Å²) >= 11 is 0. The average molecular weight is 206 g/mol. The van der Waals surface area contributed by atoms with Gasteiger partial charge in [0.1, 0.15) is 0 Å². The van der Waals surface area contributed by atoms with Crippen LogP contribution in [-0.2, 0) is 10.0 Å². The first-order valence-electron chi connectivity index (χ1n) is 4.70. The van der Waals surface area contributed by atoms with Gasteiger partial charge in [0, 0.05) is 18.6 Å². The molecule has 1 aliphatic rings. The summed E-state index contributed by atoms with van der Waals surface area (Å²) in [5.41, 5.74) is 5.70. The quantitative estimate of drug-likeness (QED) is 0.712. The molecule has 0 spiro atoms. The highest BCUT2D eigenvalue weighted by Gasteiger charge is 2.43. The Labute approximate surface area is 80.1 Å². The average Bonchev–Trinajstić information content (AvgIpc) is 2.00. The zero-order chi connectivity index (χ0) is 10.1. The molecule has 1 rings (SSSR count). The van der Waals surface area contributed by atoms with Crippen LogP contribution >= 0.6 is 0 Å². The van der Waals surface area contributed by atoms with E-state index < -0.39 is 10.0 Å². The predicted molar refractivity (Wildman–Crippen MR) is 52.9 cm³/mol. The molecule has 0 bridgehead atoms. The maximum Gasteiger partial charge on any atom is 0.213 e. The number of sulfonamides is 1. The van der Waals surface area contributed by atoms with Crippen molar-refractivity contribution in [3.8, 4) is 0 Å². The Balaban J connectivity index is 2.50. The first kappa shape index (κ1) is 10.9. The summed E-state index contributed by atoms with van der Waals surface area (Å²) in [7, 11) is -3.00. The summed E-state index contributed by atoms with van der Waals surface area (Å²) in [4.78, 5) is 0. The van der Waals surface area contributed by atoms with Crippen molar-refractivity contribution in [2.45, 2.75) is 32.2 Å². The molecule has 1 heterocycles. The highest BCUT2D eigenvalue weighted by Crippen LogP contribution is 2.25. The van der Waals surface area contributed by atoms with E-state index in [-0.39, 0.29) is 11.3 Å². The van der Waals surface area contributed by atoms with Gasteiger partial charge >= 0.3 is 0 Å². The van der Waals surface area contributed by atoms with Crippen LogP contribution in [0.4, 0.5) is 0 Å². The van der Waals surface area contributed by atoms with Crippen LogP contribution in [-0.4, -0.2) is 37.1 Å². The van der Waals surface area contributed by atoms with Gasteiger partial charge < -0.3 is 5.73 Å². The fourth-order valence-corrected chi connectivity index (χ4v) is 2.96. The summed E-state index contributed by atoms with van der Waals surface area (Å²) in [6, 6.07) is 0. The summed E-state index contributed by atoms with van der Waals surface area (Å²) in [6.07, 6.45) is 1.92. The van der Waals surface area contributed by atoms with Gasteiger partial charge in [-0.2, -0.15) is 4.31 Å². The molecule has 1 aliphatic heterocycles. The largest absolute Gasteiger partial charge is 0.323 e. The minimum Gasteiger partial charge on any atom is -0.323 e. The van der Waals surface area contributed by atoms with E-state index in [1.165, 1.54) is 4.31 Å². The van der Waals surface area contributed by atoms with Crippen LogP contribution in [0.15, 0.2) is 0 Å². The van der Waals surface area contributed by atoms with Gasteiger partial charge in [-0.3, -0.25) is 0 Å². The Hall–Kier alpha value is -0.130. The van der Waals surface area contributed by atoms with Crippen molar-refractivity contribution >= 4 is 10.0 Å². The SMILES string of the molecule is CCCC1(N)CN(S(=O)(=O)CC)C1. The van der Waals surface area contributed by atoms with Crippen molar-refractivity contribution in [3.05, 3.63) is 0 Å². The van der Waals surface area contributed by atoms with Gasteiger partial charge in [0.2, 0.25) is 10.0 Å². The van der Waals surface area contributed by atoms with Gasteiger partial charge in [-0.15, -0.1) is 0 Å². The fraction of sp³-hybridized carbons (Fsp3) is 1.00. The lowest BCUT2D eigenvalue weighted by Gasteiger charge is -2.46. The molecule has 1 fully saturated rings. The molecule has 5 heteroatoms. The van der Waals surface area contributed by atoms with Gasteiger partial charge in [0.15, 0.2) is 0 Å². The van der Waals surface area contributed by atoms with Gasteiger partial charge in [-0.1, -0.05) is 13.3 Å². The molecule has 1 saturated heterocycles.